The Morgan fingerprint density at radius 2 is 2.08 bits per heavy atom. The lowest BCUT2D eigenvalue weighted by molar-refractivity contribution is -0.143. The zero-order chi connectivity index (χ0) is 19.5. The Hall–Kier alpha value is -1.93. The summed E-state index contributed by atoms with van der Waals surface area (Å²) >= 11 is 0. The zero-order valence-corrected chi connectivity index (χ0v) is 16.2. The number of nitrogens with zero attached hydrogens (tertiary/aromatic N) is 2. The van der Waals surface area contributed by atoms with Crippen LogP contribution in [0.25, 0.3) is 0 Å². The molecule has 1 aliphatic rings. The fourth-order valence-corrected chi connectivity index (χ4v) is 2.60. The summed E-state index contributed by atoms with van der Waals surface area (Å²) in [7, 11) is 1.61. The molecule has 8 heteroatoms. The molecule has 26 heavy (non-hydrogen) atoms. The maximum Gasteiger partial charge on any atom is 0.252 e. The third kappa shape index (κ3) is 4.42. The van der Waals surface area contributed by atoms with E-state index in [-0.39, 0.29) is 36.8 Å². The Kier molecular flexibility index (Phi) is 6.08. The average Bonchev–Trinajstić information content (AvgIpc) is 3.26. The molecule has 0 aromatic carbocycles. The number of aliphatic hydroxyl groups excluding tert-OH is 1. The fraction of sp³-hybridized carbons (Fsp3) is 0.722. The molecule has 2 N–H and O–H groups in total. The first-order valence-electron chi connectivity index (χ1n) is 8.85. The van der Waals surface area contributed by atoms with Crippen LogP contribution in [0.3, 0.4) is 0 Å². The molecule has 0 spiro atoms. The molecular formula is C18H29N3O5. The fourth-order valence-electron chi connectivity index (χ4n) is 2.60. The van der Waals surface area contributed by atoms with Crippen LogP contribution in [-0.2, 0) is 19.7 Å². The molecule has 1 atom stereocenters. The van der Waals surface area contributed by atoms with Crippen molar-refractivity contribution in [3.05, 3.63) is 11.8 Å². The summed E-state index contributed by atoms with van der Waals surface area (Å²) in [6.45, 7) is 7.56. The van der Waals surface area contributed by atoms with Crippen LogP contribution in [-0.4, -0.2) is 58.9 Å². The summed E-state index contributed by atoms with van der Waals surface area (Å²) in [6.07, 6.45) is 2.03. The Bertz CT molecular complexity index is 647. The van der Waals surface area contributed by atoms with Gasteiger partial charge in [-0.2, -0.15) is 0 Å². The molecule has 0 bridgehead atoms. The minimum atomic E-state index is -1.07. The van der Waals surface area contributed by atoms with Gasteiger partial charge in [0.25, 0.3) is 5.91 Å². The van der Waals surface area contributed by atoms with E-state index in [4.69, 9.17) is 9.26 Å². The second-order valence-electron chi connectivity index (χ2n) is 7.92. The van der Waals surface area contributed by atoms with Gasteiger partial charge in [-0.15, -0.1) is 0 Å². The van der Waals surface area contributed by atoms with Crippen LogP contribution in [0.5, 0.6) is 0 Å². The first-order valence-corrected chi connectivity index (χ1v) is 8.85. The number of hydrogen-bond acceptors (Lipinski definition) is 6. The molecule has 1 aromatic heterocycles. The smallest absolute Gasteiger partial charge is 0.252 e. The number of carbonyl (C=O) groups is 2. The highest BCUT2D eigenvalue weighted by Crippen LogP contribution is 2.25. The molecule has 146 valence electrons. The van der Waals surface area contributed by atoms with Gasteiger partial charge in [0, 0.05) is 25.1 Å². The summed E-state index contributed by atoms with van der Waals surface area (Å²) < 4.78 is 10.6. The topological polar surface area (TPSA) is 105 Å². The van der Waals surface area contributed by atoms with Crippen molar-refractivity contribution >= 4 is 17.7 Å². The summed E-state index contributed by atoms with van der Waals surface area (Å²) in [6, 6.07) is 1.58. The van der Waals surface area contributed by atoms with Gasteiger partial charge in [-0.1, -0.05) is 19.0 Å². The van der Waals surface area contributed by atoms with Gasteiger partial charge in [-0.3, -0.25) is 14.9 Å². The second-order valence-corrected chi connectivity index (χ2v) is 7.92. The number of anilines is 1. The largest absolute Gasteiger partial charge is 0.395 e. The van der Waals surface area contributed by atoms with E-state index >= 15 is 0 Å². The molecule has 1 aliphatic heterocycles. The third-order valence-corrected chi connectivity index (χ3v) is 5.03. The Morgan fingerprint density at radius 1 is 1.38 bits per heavy atom. The minimum absolute atomic E-state index is 0.0682. The number of rotatable bonds is 7. The number of nitrogens with one attached hydrogen (secondary N) is 1. The summed E-state index contributed by atoms with van der Waals surface area (Å²) in [5, 5.41) is 15.9. The van der Waals surface area contributed by atoms with Crippen LogP contribution in [0.15, 0.2) is 10.6 Å². The third-order valence-electron chi connectivity index (χ3n) is 5.03. The van der Waals surface area contributed by atoms with Crippen molar-refractivity contribution in [3.8, 4) is 0 Å². The van der Waals surface area contributed by atoms with Crippen LogP contribution in [0.2, 0.25) is 0 Å². The van der Waals surface area contributed by atoms with E-state index in [1.54, 1.807) is 27.0 Å². The van der Waals surface area contributed by atoms with E-state index in [0.717, 1.165) is 12.8 Å². The highest BCUT2D eigenvalue weighted by atomic mass is 16.5. The van der Waals surface area contributed by atoms with Gasteiger partial charge >= 0.3 is 0 Å². The van der Waals surface area contributed by atoms with Crippen LogP contribution in [0.4, 0.5) is 5.88 Å². The summed E-state index contributed by atoms with van der Waals surface area (Å²) in [5.74, 6) is -0.346. The normalized spacial score (nSPS) is 18.0. The van der Waals surface area contributed by atoms with Gasteiger partial charge in [0.2, 0.25) is 11.8 Å². The highest BCUT2D eigenvalue weighted by molar-refractivity contribution is 5.99. The van der Waals surface area contributed by atoms with Crippen LogP contribution < -0.4 is 5.32 Å². The lowest BCUT2D eigenvalue weighted by Crippen LogP contribution is -2.53. The molecule has 1 aromatic rings. The number of carbonyl (C=O) groups excluding carboxylic acids is 2. The van der Waals surface area contributed by atoms with Crippen molar-refractivity contribution in [2.75, 3.05) is 25.6 Å². The molecule has 1 fully saturated rings. The van der Waals surface area contributed by atoms with Gasteiger partial charge < -0.3 is 19.3 Å². The molecule has 0 aliphatic carbocycles. The predicted molar refractivity (Wildman–Crippen MR) is 95.7 cm³/mol. The van der Waals surface area contributed by atoms with Gasteiger partial charge in [0.05, 0.1) is 24.8 Å². The van der Waals surface area contributed by atoms with E-state index in [1.165, 1.54) is 4.90 Å². The number of aliphatic hydroxyl groups is 1. The van der Waals surface area contributed by atoms with Gasteiger partial charge in [-0.25, -0.2) is 0 Å². The number of hydrogen-bond donors (Lipinski definition) is 2. The molecule has 8 nitrogen and oxygen atoms in total. The molecular weight excluding hydrogens is 338 g/mol. The SMILES string of the molecule is CN(C(=O)CC1CCCO1)C(C)(C)C(=O)Nc1cc(C(C)(C)CO)no1. The standard InChI is InChI=1S/C18H29N3O5/c1-17(2,11-22)13-10-14(26-20-13)19-16(24)18(3,4)21(5)15(23)9-12-7-6-8-25-12/h10,12,22H,6-9,11H2,1-5H3,(H,19,24). The van der Waals surface area contributed by atoms with E-state index in [1.807, 2.05) is 13.8 Å². The number of aromatic nitrogens is 1. The Morgan fingerprint density at radius 3 is 2.65 bits per heavy atom. The van der Waals surface area contributed by atoms with Crippen LogP contribution >= 0.6 is 0 Å². The second kappa shape index (κ2) is 7.75. The van der Waals surface area contributed by atoms with E-state index in [9.17, 15) is 14.7 Å². The molecule has 2 heterocycles. The van der Waals surface area contributed by atoms with Crippen LogP contribution in [0.1, 0.15) is 52.7 Å². The van der Waals surface area contributed by atoms with Gasteiger partial charge in [0.15, 0.2) is 0 Å². The number of amides is 2. The van der Waals surface area contributed by atoms with Gasteiger partial charge in [-0.05, 0) is 26.7 Å². The van der Waals surface area contributed by atoms with E-state index in [0.29, 0.717) is 12.3 Å². The van der Waals surface area contributed by atoms with Crippen molar-refractivity contribution in [2.24, 2.45) is 0 Å². The predicted octanol–water partition coefficient (Wildman–Crippen LogP) is 1.69. The number of ether oxygens (including phenoxy) is 1. The van der Waals surface area contributed by atoms with Crippen LogP contribution in [0, 0.1) is 0 Å². The number of likely N-dealkylation sites (N-methyl/N-ethyl adjacent to an activating group) is 1. The maximum absolute atomic E-state index is 12.7. The zero-order valence-electron chi connectivity index (χ0n) is 16.2. The molecule has 1 unspecified atom stereocenters. The molecule has 0 radical (unpaired) electrons. The van der Waals surface area contributed by atoms with E-state index in [2.05, 4.69) is 10.5 Å². The quantitative estimate of drug-likeness (QED) is 0.760. The summed E-state index contributed by atoms with van der Waals surface area (Å²) in [5.41, 5.74) is -1.11. The lowest BCUT2D eigenvalue weighted by Gasteiger charge is -2.34. The molecule has 0 saturated carbocycles. The molecule has 2 rings (SSSR count). The van der Waals surface area contributed by atoms with Crippen molar-refractivity contribution in [1.29, 1.82) is 0 Å². The summed E-state index contributed by atoms with van der Waals surface area (Å²) in [4.78, 5) is 26.6. The molecule has 2 amide bonds. The van der Waals surface area contributed by atoms with Gasteiger partial charge in [0.1, 0.15) is 5.54 Å². The van der Waals surface area contributed by atoms with Crippen molar-refractivity contribution in [2.45, 2.75) is 64.0 Å². The lowest BCUT2D eigenvalue weighted by atomic mass is 9.91. The first kappa shape index (κ1) is 20.4. The van der Waals surface area contributed by atoms with E-state index < -0.39 is 11.0 Å². The molecule has 1 saturated heterocycles. The Labute approximate surface area is 153 Å². The Balaban J connectivity index is 2.01. The van der Waals surface area contributed by atoms with Crippen molar-refractivity contribution < 1.29 is 24.0 Å². The average molecular weight is 367 g/mol. The monoisotopic (exact) mass is 367 g/mol. The first-order chi connectivity index (χ1) is 12.1. The van der Waals surface area contributed by atoms with Crippen molar-refractivity contribution in [1.82, 2.24) is 10.1 Å². The highest BCUT2D eigenvalue weighted by Gasteiger charge is 2.37. The van der Waals surface area contributed by atoms with Crippen molar-refractivity contribution in [3.63, 3.8) is 0 Å². The minimum Gasteiger partial charge on any atom is -0.395 e. The maximum atomic E-state index is 12.7.